The van der Waals surface area contributed by atoms with Gasteiger partial charge in [0.05, 0.1) is 25.0 Å². The van der Waals surface area contributed by atoms with Crippen molar-refractivity contribution in [2.45, 2.75) is 60.2 Å². The third kappa shape index (κ3) is 5.28. The molecule has 2 aliphatic rings. The first-order chi connectivity index (χ1) is 16.2. The maximum atomic E-state index is 4.80. The van der Waals surface area contributed by atoms with E-state index in [1.54, 1.807) is 0 Å². The van der Waals surface area contributed by atoms with Crippen molar-refractivity contribution in [2.75, 3.05) is 32.7 Å². The fraction of sp³-hybridized carbons (Fsp3) is 0.571. The first-order valence-electron chi connectivity index (χ1n) is 12.8. The zero-order valence-corrected chi connectivity index (χ0v) is 21.4. The molecule has 1 spiro atoms. The number of hydrogen-bond donors (Lipinski definition) is 1. The molecule has 2 aliphatic heterocycles. The molecule has 6 nitrogen and oxygen atoms in total. The highest BCUT2D eigenvalue weighted by Crippen LogP contribution is 2.47. The fourth-order valence-corrected chi connectivity index (χ4v) is 6.39. The predicted octanol–water partition coefficient (Wildman–Crippen LogP) is 4.62. The van der Waals surface area contributed by atoms with Crippen molar-refractivity contribution in [3.8, 4) is 0 Å². The molecule has 1 N–H and O–H groups in total. The van der Waals surface area contributed by atoms with Crippen LogP contribution in [0.4, 0.5) is 0 Å². The molecule has 0 bridgehead atoms. The third-order valence-corrected chi connectivity index (χ3v) is 7.75. The number of aryl methyl sites for hydroxylation is 1. The number of likely N-dealkylation sites (tertiary alicyclic amines) is 2. The minimum Gasteiger partial charge on any atom is -0.347 e. The largest absolute Gasteiger partial charge is 0.347 e. The molecule has 0 radical (unpaired) electrons. The summed E-state index contributed by atoms with van der Waals surface area (Å²) in [4.78, 5) is 15.2. The smallest absolute Gasteiger partial charge is 0.164 e. The van der Waals surface area contributed by atoms with E-state index < -0.39 is 0 Å². The first-order valence-corrected chi connectivity index (χ1v) is 12.8. The summed E-state index contributed by atoms with van der Waals surface area (Å²) in [6.45, 7) is 18.3. The molecule has 0 saturated carbocycles. The number of aromatic amines is 1. The number of piperidine rings is 1. The molecule has 0 amide bonds. The van der Waals surface area contributed by atoms with Crippen LogP contribution in [0.15, 0.2) is 49.1 Å². The van der Waals surface area contributed by atoms with Crippen LogP contribution in [0.1, 0.15) is 56.4 Å². The molecule has 34 heavy (non-hydrogen) atoms. The molecule has 0 unspecified atom stereocenters. The van der Waals surface area contributed by atoms with Gasteiger partial charge < -0.3 is 18.9 Å². The van der Waals surface area contributed by atoms with Crippen molar-refractivity contribution >= 4 is 0 Å². The van der Waals surface area contributed by atoms with E-state index in [9.17, 15) is 0 Å². The zero-order chi connectivity index (χ0) is 23.8. The number of H-pyrrole nitrogens is 1. The van der Waals surface area contributed by atoms with Crippen LogP contribution in [-0.4, -0.2) is 61.6 Å². The van der Waals surface area contributed by atoms with Crippen LogP contribution in [0.2, 0.25) is 0 Å². The normalized spacial score (nSPS) is 19.9. The van der Waals surface area contributed by atoms with Crippen LogP contribution < -0.4 is 0 Å². The van der Waals surface area contributed by atoms with Crippen LogP contribution >= 0.6 is 0 Å². The molecule has 6 heteroatoms. The molecule has 0 aliphatic carbocycles. The second kappa shape index (κ2) is 8.97. The van der Waals surface area contributed by atoms with Crippen LogP contribution in [0.5, 0.6) is 0 Å². The van der Waals surface area contributed by atoms with Crippen LogP contribution in [0.25, 0.3) is 0 Å². The number of aromatic nitrogens is 4. The monoisotopic (exact) mass is 461 g/mol. The van der Waals surface area contributed by atoms with E-state index in [1.807, 2.05) is 18.6 Å². The van der Waals surface area contributed by atoms with Gasteiger partial charge in [0.15, 0.2) is 5.82 Å². The lowest BCUT2D eigenvalue weighted by Crippen LogP contribution is -2.70. The number of quaternary nitrogens is 1. The number of nitrogens with one attached hydrogen (secondary N) is 1. The van der Waals surface area contributed by atoms with Gasteiger partial charge in [-0.05, 0) is 38.3 Å². The van der Waals surface area contributed by atoms with Crippen molar-refractivity contribution in [3.05, 3.63) is 71.8 Å². The Bertz CT molecular complexity index is 1060. The number of benzene rings is 1. The highest BCUT2D eigenvalue weighted by atomic mass is 15.4. The molecule has 5 rings (SSSR count). The molecule has 2 saturated heterocycles. The molecule has 0 atom stereocenters. The van der Waals surface area contributed by atoms with Crippen molar-refractivity contribution in [2.24, 2.45) is 10.8 Å². The highest BCUT2D eigenvalue weighted by Gasteiger charge is 2.56. The summed E-state index contributed by atoms with van der Waals surface area (Å²) in [6.07, 6.45) is 10.4. The van der Waals surface area contributed by atoms with Gasteiger partial charge in [0, 0.05) is 36.9 Å². The van der Waals surface area contributed by atoms with E-state index in [4.69, 9.17) is 4.98 Å². The average molecular weight is 462 g/mol. The lowest BCUT2D eigenvalue weighted by atomic mass is 9.69. The maximum absolute atomic E-state index is 4.80. The van der Waals surface area contributed by atoms with Crippen LogP contribution in [0.3, 0.4) is 0 Å². The Labute approximate surface area is 204 Å². The van der Waals surface area contributed by atoms with Crippen molar-refractivity contribution in [1.29, 1.82) is 0 Å². The Hall–Kier alpha value is -2.44. The molecular formula is C28H41N6+. The molecule has 3 aromatic rings. The van der Waals surface area contributed by atoms with E-state index in [-0.39, 0.29) is 0 Å². The van der Waals surface area contributed by atoms with Gasteiger partial charge in [-0.2, -0.15) is 0 Å². The van der Waals surface area contributed by atoms with Crippen molar-refractivity contribution in [3.63, 3.8) is 0 Å². The summed E-state index contributed by atoms with van der Waals surface area (Å²) in [7, 11) is 0. The number of imidazole rings is 2. The molecule has 1 aromatic carbocycles. The Morgan fingerprint density at radius 1 is 1.00 bits per heavy atom. The van der Waals surface area contributed by atoms with Crippen LogP contribution in [-0.2, 0) is 19.6 Å². The molecule has 182 valence electrons. The Kier molecular flexibility index (Phi) is 6.15. The average Bonchev–Trinajstić information content (AvgIpc) is 3.42. The van der Waals surface area contributed by atoms with Gasteiger partial charge in [-0.25, -0.2) is 9.97 Å². The maximum Gasteiger partial charge on any atom is 0.164 e. The molecular weight excluding hydrogens is 420 g/mol. The van der Waals surface area contributed by atoms with Gasteiger partial charge in [-0.3, -0.25) is 0 Å². The van der Waals surface area contributed by atoms with Gasteiger partial charge in [0.1, 0.15) is 18.9 Å². The number of hydrogen-bond acceptors (Lipinski definition) is 3. The zero-order valence-electron chi connectivity index (χ0n) is 21.4. The Morgan fingerprint density at radius 2 is 1.74 bits per heavy atom. The van der Waals surface area contributed by atoms with Gasteiger partial charge in [-0.15, -0.1) is 0 Å². The van der Waals surface area contributed by atoms with Gasteiger partial charge in [-0.1, -0.05) is 50.6 Å². The van der Waals surface area contributed by atoms with E-state index in [0.29, 0.717) is 10.8 Å². The predicted molar refractivity (Wildman–Crippen MR) is 136 cm³/mol. The Morgan fingerprint density at radius 3 is 2.38 bits per heavy atom. The number of nitrogens with zero attached hydrogens (tertiary/aromatic N) is 5. The standard InChI is InChI=1S/C28H41N6/c1-23-5-7-24(8-6-23)18-34(19-26-31-13-16-33(26)17-25-29-11-12-30-25)21-28(22-34)9-14-32(15-10-28)20-27(2,3)4/h5-8,11-13,16H,9-10,14-15,17-22H2,1-4H3,(H,29,30)/q+1. The van der Waals surface area contributed by atoms with E-state index in [0.717, 1.165) is 29.9 Å². The van der Waals surface area contributed by atoms with Gasteiger partial charge in [0.2, 0.25) is 0 Å². The summed E-state index contributed by atoms with van der Waals surface area (Å²) in [5.74, 6) is 2.15. The highest BCUT2D eigenvalue weighted by molar-refractivity contribution is 5.21. The SMILES string of the molecule is Cc1ccc(C[N+]2(Cc3nccn3Cc3ncc[nH]3)CC3(CCN(CC(C)(C)C)CC3)C2)cc1. The third-order valence-electron chi connectivity index (χ3n) is 7.75. The lowest BCUT2D eigenvalue weighted by molar-refractivity contribution is -1.01. The molecule has 4 heterocycles. The number of rotatable bonds is 7. The van der Waals surface area contributed by atoms with E-state index in [1.165, 1.54) is 62.5 Å². The van der Waals surface area contributed by atoms with Crippen molar-refractivity contribution < 1.29 is 4.48 Å². The van der Waals surface area contributed by atoms with Gasteiger partial charge in [0.25, 0.3) is 0 Å². The van der Waals surface area contributed by atoms with E-state index in [2.05, 4.69) is 77.6 Å². The summed E-state index contributed by atoms with van der Waals surface area (Å²) >= 11 is 0. The van der Waals surface area contributed by atoms with Crippen LogP contribution in [0, 0.1) is 17.8 Å². The van der Waals surface area contributed by atoms with Gasteiger partial charge >= 0.3 is 0 Å². The topological polar surface area (TPSA) is 49.7 Å². The second-order valence-electron chi connectivity index (χ2n) is 12.3. The first kappa shape index (κ1) is 23.3. The quantitative estimate of drug-likeness (QED) is 0.522. The minimum absolute atomic E-state index is 0.375. The molecule has 2 aromatic heterocycles. The van der Waals surface area contributed by atoms with E-state index >= 15 is 0 Å². The summed E-state index contributed by atoms with van der Waals surface area (Å²) in [5, 5.41) is 0. The minimum atomic E-state index is 0.375. The lowest BCUT2D eigenvalue weighted by Gasteiger charge is -2.60. The second-order valence-corrected chi connectivity index (χ2v) is 12.3. The van der Waals surface area contributed by atoms with Crippen molar-refractivity contribution in [1.82, 2.24) is 24.4 Å². The summed E-state index contributed by atoms with van der Waals surface area (Å²) < 4.78 is 3.38. The summed E-state index contributed by atoms with van der Waals surface area (Å²) in [5.41, 5.74) is 3.64. The fourth-order valence-electron chi connectivity index (χ4n) is 6.39. The molecule has 2 fully saturated rings. The Balaban J connectivity index is 1.32. The summed E-state index contributed by atoms with van der Waals surface area (Å²) in [6, 6.07) is 9.15.